The Hall–Kier alpha value is -4.69. The minimum absolute atomic E-state index is 0.104. The molecule has 8 nitrogen and oxygen atoms in total. The standard InChI is InChI=1S/C36H41N3O5/c1-36(2,3)44-34(41)38-30(22-26-12-6-4-7-13-26)24-33(40)32(39(35(42)43)25-28-14-8-5-9-15-28)23-27-17-19-29(20-18-27)31-16-10-11-21-37-31/h4-21,30,32-33,40H,22-25H2,1-3H3,(H,38,41)(H,42,43)/t30-,32-,33-/m0/s1. The number of carbonyl (C=O) groups is 2. The van der Waals surface area contributed by atoms with E-state index in [0.29, 0.717) is 6.42 Å². The first-order valence-electron chi connectivity index (χ1n) is 14.8. The Balaban J connectivity index is 1.62. The van der Waals surface area contributed by atoms with Crippen molar-refractivity contribution in [3.63, 3.8) is 0 Å². The summed E-state index contributed by atoms with van der Waals surface area (Å²) < 4.78 is 5.51. The molecule has 0 fully saturated rings. The van der Waals surface area contributed by atoms with Gasteiger partial charge in [0.15, 0.2) is 0 Å². The molecular weight excluding hydrogens is 554 g/mol. The van der Waals surface area contributed by atoms with E-state index in [4.69, 9.17) is 4.74 Å². The lowest BCUT2D eigenvalue weighted by Gasteiger charge is -2.35. The smallest absolute Gasteiger partial charge is 0.407 e. The van der Waals surface area contributed by atoms with Crippen molar-refractivity contribution in [1.82, 2.24) is 15.2 Å². The van der Waals surface area contributed by atoms with Gasteiger partial charge in [-0.25, -0.2) is 9.59 Å². The minimum atomic E-state index is -1.14. The number of benzene rings is 3. The van der Waals surface area contributed by atoms with Crippen LogP contribution in [0.2, 0.25) is 0 Å². The first-order chi connectivity index (χ1) is 21.1. The highest BCUT2D eigenvalue weighted by Gasteiger charge is 2.33. The molecule has 0 bridgehead atoms. The summed E-state index contributed by atoms with van der Waals surface area (Å²) in [6.07, 6.45) is -0.269. The number of ether oxygens (including phenoxy) is 1. The third-order valence-corrected chi connectivity index (χ3v) is 7.22. The minimum Gasteiger partial charge on any atom is -0.465 e. The normalized spacial score (nSPS) is 13.4. The molecule has 0 saturated heterocycles. The molecule has 0 aliphatic carbocycles. The van der Waals surface area contributed by atoms with Crippen LogP contribution in [0, 0.1) is 0 Å². The van der Waals surface area contributed by atoms with Gasteiger partial charge in [-0.15, -0.1) is 0 Å². The van der Waals surface area contributed by atoms with E-state index in [9.17, 15) is 19.8 Å². The molecule has 0 unspecified atom stereocenters. The van der Waals surface area contributed by atoms with Gasteiger partial charge in [0.05, 0.1) is 17.8 Å². The van der Waals surface area contributed by atoms with Gasteiger partial charge in [0, 0.05) is 24.3 Å². The molecule has 2 amide bonds. The lowest BCUT2D eigenvalue weighted by Crippen LogP contribution is -2.50. The molecule has 1 heterocycles. The van der Waals surface area contributed by atoms with Crippen LogP contribution < -0.4 is 5.32 Å². The van der Waals surface area contributed by atoms with Crippen LogP contribution in [-0.4, -0.2) is 56.1 Å². The van der Waals surface area contributed by atoms with Gasteiger partial charge in [-0.3, -0.25) is 9.88 Å². The summed E-state index contributed by atoms with van der Waals surface area (Å²) in [6.45, 7) is 5.47. The van der Waals surface area contributed by atoms with Gasteiger partial charge in [0.1, 0.15) is 5.60 Å². The Kier molecular flexibility index (Phi) is 11.1. The Morgan fingerprint density at radius 2 is 1.41 bits per heavy atom. The number of nitrogens with zero attached hydrogens (tertiary/aromatic N) is 2. The van der Waals surface area contributed by atoms with E-state index in [1.54, 1.807) is 27.0 Å². The molecule has 0 aliphatic rings. The molecule has 4 rings (SSSR count). The van der Waals surface area contributed by atoms with Crippen LogP contribution in [0.4, 0.5) is 9.59 Å². The number of hydrogen-bond acceptors (Lipinski definition) is 5. The molecule has 4 aromatic rings. The third kappa shape index (κ3) is 9.95. The number of aliphatic hydroxyl groups is 1. The zero-order valence-corrected chi connectivity index (χ0v) is 25.5. The van der Waals surface area contributed by atoms with E-state index in [1.165, 1.54) is 4.90 Å². The molecular formula is C36H41N3O5. The predicted molar refractivity (Wildman–Crippen MR) is 171 cm³/mol. The predicted octanol–water partition coefficient (Wildman–Crippen LogP) is 6.73. The number of aliphatic hydroxyl groups excluding tert-OH is 1. The Bertz CT molecular complexity index is 1460. The molecule has 230 valence electrons. The van der Waals surface area contributed by atoms with E-state index in [-0.39, 0.29) is 19.4 Å². The molecule has 3 aromatic carbocycles. The third-order valence-electron chi connectivity index (χ3n) is 7.22. The number of rotatable bonds is 12. The van der Waals surface area contributed by atoms with Crippen LogP contribution in [0.1, 0.15) is 43.9 Å². The second-order valence-corrected chi connectivity index (χ2v) is 11.9. The Labute approximate surface area is 259 Å². The van der Waals surface area contributed by atoms with Crippen LogP contribution in [0.15, 0.2) is 109 Å². The molecule has 0 saturated carbocycles. The molecule has 1 aromatic heterocycles. The number of pyridine rings is 1. The summed E-state index contributed by atoms with van der Waals surface area (Å²) in [5, 5.41) is 25.1. The monoisotopic (exact) mass is 595 g/mol. The van der Waals surface area contributed by atoms with E-state index in [2.05, 4.69) is 10.3 Å². The largest absolute Gasteiger partial charge is 0.465 e. The maximum atomic E-state index is 12.8. The second-order valence-electron chi connectivity index (χ2n) is 11.9. The number of aromatic nitrogens is 1. The zero-order chi connectivity index (χ0) is 31.5. The van der Waals surface area contributed by atoms with Crippen molar-refractivity contribution in [2.24, 2.45) is 0 Å². The van der Waals surface area contributed by atoms with Crippen LogP contribution >= 0.6 is 0 Å². The number of hydrogen-bond donors (Lipinski definition) is 3. The van der Waals surface area contributed by atoms with Crippen LogP contribution in [-0.2, 0) is 24.1 Å². The maximum Gasteiger partial charge on any atom is 0.407 e. The lowest BCUT2D eigenvalue weighted by atomic mass is 9.92. The van der Waals surface area contributed by atoms with Crippen LogP contribution in [0.3, 0.4) is 0 Å². The van der Waals surface area contributed by atoms with Gasteiger partial charge in [0.25, 0.3) is 0 Å². The summed E-state index contributed by atoms with van der Waals surface area (Å²) >= 11 is 0. The zero-order valence-electron chi connectivity index (χ0n) is 25.5. The van der Waals surface area contributed by atoms with Crippen molar-refractivity contribution in [3.8, 4) is 11.3 Å². The first kappa shape index (κ1) is 32.2. The summed E-state index contributed by atoms with van der Waals surface area (Å²) in [7, 11) is 0. The SMILES string of the molecule is CC(C)(C)OC(=O)N[C@@H](Cc1ccccc1)C[C@H](O)[C@H](Cc1ccc(-c2ccccn2)cc1)N(Cc1ccccc1)C(=O)O. The average Bonchev–Trinajstić information content (AvgIpc) is 2.99. The molecule has 44 heavy (non-hydrogen) atoms. The van der Waals surface area contributed by atoms with E-state index < -0.39 is 36.0 Å². The molecule has 0 spiro atoms. The number of amides is 2. The Morgan fingerprint density at radius 3 is 1.98 bits per heavy atom. The second kappa shape index (κ2) is 15.2. The van der Waals surface area contributed by atoms with E-state index in [0.717, 1.165) is 27.9 Å². The van der Waals surface area contributed by atoms with E-state index in [1.807, 2.05) is 103 Å². The fraction of sp³-hybridized carbons (Fsp3) is 0.306. The van der Waals surface area contributed by atoms with Gasteiger partial charge in [0.2, 0.25) is 0 Å². The van der Waals surface area contributed by atoms with Crippen LogP contribution in [0.5, 0.6) is 0 Å². The molecule has 8 heteroatoms. The number of nitrogens with one attached hydrogen (secondary N) is 1. The van der Waals surface area contributed by atoms with Crippen molar-refractivity contribution in [1.29, 1.82) is 0 Å². The topological polar surface area (TPSA) is 112 Å². The number of carboxylic acid groups (broad SMARTS) is 1. The summed E-state index contributed by atoms with van der Waals surface area (Å²) in [5.74, 6) is 0. The van der Waals surface area contributed by atoms with Crippen molar-refractivity contribution < 1.29 is 24.5 Å². The van der Waals surface area contributed by atoms with Crippen LogP contribution in [0.25, 0.3) is 11.3 Å². The number of carbonyl (C=O) groups excluding carboxylic acids is 1. The molecule has 3 atom stereocenters. The van der Waals surface area contributed by atoms with Crippen molar-refractivity contribution in [2.75, 3.05) is 0 Å². The maximum absolute atomic E-state index is 12.8. The molecule has 0 aliphatic heterocycles. The van der Waals surface area contributed by atoms with Crippen molar-refractivity contribution in [3.05, 3.63) is 126 Å². The summed E-state index contributed by atoms with van der Waals surface area (Å²) in [6, 6.07) is 31.2. The first-order valence-corrected chi connectivity index (χ1v) is 14.8. The van der Waals surface area contributed by atoms with Crippen molar-refractivity contribution in [2.45, 2.75) is 70.4 Å². The van der Waals surface area contributed by atoms with Gasteiger partial charge < -0.3 is 20.3 Å². The Morgan fingerprint density at radius 1 is 0.818 bits per heavy atom. The van der Waals surface area contributed by atoms with Gasteiger partial charge in [-0.2, -0.15) is 0 Å². The van der Waals surface area contributed by atoms with Gasteiger partial charge in [-0.1, -0.05) is 91.0 Å². The number of alkyl carbamates (subject to hydrolysis) is 1. The summed E-state index contributed by atoms with van der Waals surface area (Å²) in [5.41, 5.74) is 3.73. The van der Waals surface area contributed by atoms with E-state index >= 15 is 0 Å². The quantitative estimate of drug-likeness (QED) is 0.168. The fourth-order valence-electron chi connectivity index (χ4n) is 5.16. The van der Waals surface area contributed by atoms with Crippen molar-refractivity contribution >= 4 is 12.2 Å². The lowest BCUT2D eigenvalue weighted by molar-refractivity contribution is 0.0285. The summed E-state index contributed by atoms with van der Waals surface area (Å²) in [4.78, 5) is 31.2. The molecule has 3 N–H and O–H groups in total. The molecule has 0 radical (unpaired) electrons. The highest BCUT2D eigenvalue weighted by atomic mass is 16.6. The average molecular weight is 596 g/mol. The van der Waals surface area contributed by atoms with Gasteiger partial charge >= 0.3 is 12.2 Å². The highest BCUT2D eigenvalue weighted by Crippen LogP contribution is 2.23. The van der Waals surface area contributed by atoms with Gasteiger partial charge in [-0.05, 0) is 68.9 Å². The fourth-order valence-corrected chi connectivity index (χ4v) is 5.16. The highest BCUT2D eigenvalue weighted by molar-refractivity contribution is 5.68.